The van der Waals surface area contributed by atoms with Crippen molar-refractivity contribution in [1.29, 1.82) is 5.26 Å². The van der Waals surface area contributed by atoms with Crippen molar-refractivity contribution in [2.75, 3.05) is 18.5 Å². The van der Waals surface area contributed by atoms with Crippen molar-refractivity contribution < 1.29 is 14.3 Å². The molecule has 1 amide bonds. The number of fused-ring (bicyclic) bond motifs is 1. The Hall–Kier alpha value is -4.25. The molecule has 0 saturated heterocycles. The molecule has 4 aromatic rings. The van der Waals surface area contributed by atoms with Gasteiger partial charge in [0.25, 0.3) is 0 Å². The van der Waals surface area contributed by atoms with Crippen LogP contribution in [0.3, 0.4) is 0 Å². The molecule has 34 heavy (non-hydrogen) atoms. The number of carbonyl (C=O) groups excluding carboxylic acids is 1. The minimum absolute atomic E-state index is 0.308. The van der Waals surface area contributed by atoms with Gasteiger partial charge in [0, 0.05) is 42.6 Å². The fourth-order valence-corrected chi connectivity index (χ4v) is 4.01. The molecule has 0 aliphatic carbocycles. The molecular formula is C26H27N5O3. The third-order valence-corrected chi connectivity index (χ3v) is 5.53. The first kappa shape index (κ1) is 22.9. The van der Waals surface area contributed by atoms with E-state index < -0.39 is 6.09 Å². The SMILES string of the molecule is CCOC(=O)Nc1ccc(-c2c(C#N)c3ccc(OCCCn4ccnc4)cc3n2CC)cc1. The second-order valence-corrected chi connectivity index (χ2v) is 7.68. The fraction of sp³-hybridized carbons (Fsp3) is 0.269. The molecule has 0 spiro atoms. The number of hydrogen-bond donors (Lipinski definition) is 1. The number of ether oxygens (including phenoxy) is 2. The number of aryl methyl sites for hydroxylation is 2. The number of aromatic nitrogens is 3. The molecule has 0 fully saturated rings. The summed E-state index contributed by atoms with van der Waals surface area (Å²) < 4.78 is 15.1. The third kappa shape index (κ3) is 4.89. The van der Waals surface area contributed by atoms with Gasteiger partial charge in [0.2, 0.25) is 0 Å². The summed E-state index contributed by atoms with van der Waals surface area (Å²) in [6.45, 7) is 6.25. The van der Waals surface area contributed by atoms with Crippen molar-refractivity contribution in [3.63, 3.8) is 0 Å². The van der Waals surface area contributed by atoms with E-state index in [-0.39, 0.29) is 0 Å². The third-order valence-electron chi connectivity index (χ3n) is 5.53. The average molecular weight is 458 g/mol. The number of nitriles is 1. The summed E-state index contributed by atoms with van der Waals surface area (Å²) >= 11 is 0. The normalized spacial score (nSPS) is 10.7. The van der Waals surface area contributed by atoms with Gasteiger partial charge in [0.05, 0.1) is 36.3 Å². The Balaban J connectivity index is 1.58. The first-order valence-corrected chi connectivity index (χ1v) is 11.3. The number of anilines is 1. The van der Waals surface area contributed by atoms with Crippen LogP contribution in [0.5, 0.6) is 5.75 Å². The van der Waals surface area contributed by atoms with Gasteiger partial charge in [0.15, 0.2) is 0 Å². The molecule has 0 bridgehead atoms. The van der Waals surface area contributed by atoms with Gasteiger partial charge in [-0.1, -0.05) is 12.1 Å². The molecule has 2 heterocycles. The van der Waals surface area contributed by atoms with Gasteiger partial charge >= 0.3 is 6.09 Å². The Morgan fingerprint density at radius 3 is 2.68 bits per heavy atom. The van der Waals surface area contributed by atoms with Gasteiger partial charge in [0.1, 0.15) is 11.8 Å². The van der Waals surface area contributed by atoms with Gasteiger partial charge in [-0.2, -0.15) is 5.26 Å². The number of nitrogens with one attached hydrogen (secondary N) is 1. The van der Waals surface area contributed by atoms with Gasteiger partial charge in [-0.25, -0.2) is 9.78 Å². The predicted octanol–water partition coefficient (Wildman–Crippen LogP) is 5.43. The smallest absolute Gasteiger partial charge is 0.411 e. The molecule has 0 aliphatic heterocycles. The summed E-state index contributed by atoms with van der Waals surface area (Å²) in [7, 11) is 0. The van der Waals surface area contributed by atoms with Gasteiger partial charge in [-0.15, -0.1) is 0 Å². The van der Waals surface area contributed by atoms with Crippen LogP contribution in [-0.2, 0) is 17.8 Å². The zero-order chi connectivity index (χ0) is 23.9. The van der Waals surface area contributed by atoms with E-state index >= 15 is 0 Å². The quantitative estimate of drug-likeness (QED) is 0.338. The molecule has 0 radical (unpaired) electrons. The van der Waals surface area contributed by atoms with E-state index in [2.05, 4.69) is 27.9 Å². The summed E-state index contributed by atoms with van der Waals surface area (Å²) in [6, 6.07) is 15.7. The van der Waals surface area contributed by atoms with Crippen molar-refractivity contribution >= 4 is 22.7 Å². The molecule has 4 rings (SSSR count). The first-order chi connectivity index (χ1) is 16.6. The summed E-state index contributed by atoms with van der Waals surface area (Å²) in [5.74, 6) is 0.773. The minimum atomic E-state index is -0.492. The molecule has 2 aromatic carbocycles. The lowest BCUT2D eigenvalue weighted by Gasteiger charge is -2.11. The van der Waals surface area contributed by atoms with E-state index in [1.807, 2.05) is 41.1 Å². The first-order valence-electron chi connectivity index (χ1n) is 11.3. The maximum atomic E-state index is 11.7. The van der Waals surface area contributed by atoms with Crippen LogP contribution in [0.4, 0.5) is 10.5 Å². The van der Waals surface area contributed by atoms with Crippen LogP contribution in [0, 0.1) is 11.3 Å². The molecule has 8 nitrogen and oxygen atoms in total. The maximum Gasteiger partial charge on any atom is 0.411 e. The molecule has 2 aromatic heterocycles. The van der Waals surface area contributed by atoms with Crippen LogP contribution in [0.1, 0.15) is 25.8 Å². The van der Waals surface area contributed by atoms with Gasteiger partial charge < -0.3 is 18.6 Å². The Morgan fingerprint density at radius 1 is 1.18 bits per heavy atom. The zero-order valence-electron chi connectivity index (χ0n) is 19.3. The van der Waals surface area contributed by atoms with Crippen LogP contribution in [-0.4, -0.2) is 33.4 Å². The van der Waals surface area contributed by atoms with Gasteiger partial charge in [-0.05, 0) is 50.1 Å². The lowest BCUT2D eigenvalue weighted by molar-refractivity contribution is 0.168. The number of benzene rings is 2. The van der Waals surface area contributed by atoms with E-state index in [1.165, 1.54) is 0 Å². The molecule has 8 heteroatoms. The van der Waals surface area contributed by atoms with Crippen molar-refractivity contribution in [2.45, 2.75) is 33.4 Å². The zero-order valence-corrected chi connectivity index (χ0v) is 19.3. The summed E-state index contributed by atoms with van der Waals surface area (Å²) in [4.78, 5) is 15.7. The van der Waals surface area contributed by atoms with Crippen LogP contribution >= 0.6 is 0 Å². The topological polar surface area (TPSA) is 94.1 Å². The fourth-order valence-electron chi connectivity index (χ4n) is 4.01. The number of hydrogen-bond acceptors (Lipinski definition) is 5. The van der Waals surface area contributed by atoms with Crippen LogP contribution in [0.25, 0.3) is 22.2 Å². The Bertz CT molecular complexity index is 1300. The van der Waals surface area contributed by atoms with Crippen molar-refractivity contribution in [1.82, 2.24) is 14.1 Å². The highest BCUT2D eigenvalue weighted by molar-refractivity contribution is 5.95. The van der Waals surface area contributed by atoms with E-state index in [4.69, 9.17) is 9.47 Å². The number of amides is 1. The molecule has 0 unspecified atom stereocenters. The van der Waals surface area contributed by atoms with E-state index in [0.29, 0.717) is 31.0 Å². The van der Waals surface area contributed by atoms with Crippen molar-refractivity contribution in [2.24, 2.45) is 0 Å². The van der Waals surface area contributed by atoms with Crippen molar-refractivity contribution in [3.8, 4) is 23.1 Å². The number of nitrogens with zero attached hydrogens (tertiary/aromatic N) is 4. The highest BCUT2D eigenvalue weighted by Gasteiger charge is 2.18. The molecular weight excluding hydrogens is 430 g/mol. The second kappa shape index (κ2) is 10.6. The monoisotopic (exact) mass is 457 g/mol. The number of imidazole rings is 1. The summed E-state index contributed by atoms with van der Waals surface area (Å²) in [5, 5.41) is 13.6. The lowest BCUT2D eigenvalue weighted by atomic mass is 10.1. The Morgan fingerprint density at radius 2 is 2.00 bits per heavy atom. The number of rotatable bonds is 9. The Labute approximate surface area is 198 Å². The largest absolute Gasteiger partial charge is 0.493 e. The summed E-state index contributed by atoms with van der Waals surface area (Å²) in [5.41, 5.74) is 3.95. The average Bonchev–Trinajstić information content (AvgIpc) is 3.47. The number of carbonyl (C=O) groups is 1. The molecule has 174 valence electrons. The lowest BCUT2D eigenvalue weighted by Crippen LogP contribution is -2.13. The van der Waals surface area contributed by atoms with Crippen LogP contribution in [0.2, 0.25) is 0 Å². The summed E-state index contributed by atoms with van der Waals surface area (Å²) in [6.07, 6.45) is 5.87. The predicted molar refractivity (Wildman–Crippen MR) is 131 cm³/mol. The van der Waals surface area contributed by atoms with Crippen LogP contribution < -0.4 is 10.1 Å². The van der Waals surface area contributed by atoms with Crippen LogP contribution in [0.15, 0.2) is 61.2 Å². The second-order valence-electron chi connectivity index (χ2n) is 7.68. The highest BCUT2D eigenvalue weighted by Crippen LogP contribution is 2.35. The van der Waals surface area contributed by atoms with Crippen molar-refractivity contribution in [3.05, 3.63) is 66.7 Å². The minimum Gasteiger partial charge on any atom is -0.493 e. The highest BCUT2D eigenvalue weighted by atomic mass is 16.5. The van der Waals surface area contributed by atoms with E-state index in [0.717, 1.165) is 40.9 Å². The van der Waals surface area contributed by atoms with E-state index in [1.54, 1.807) is 31.6 Å². The molecule has 1 N–H and O–H groups in total. The van der Waals surface area contributed by atoms with Gasteiger partial charge in [-0.3, -0.25) is 5.32 Å². The Kier molecular flexibility index (Phi) is 7.13. The molecule has 0 atom stereocenters. The maximum absolute atomic E-state index is 11.7. The van der Waals surface area contributed by atoms with E-state index in [9.17, 15) is 10.1 Å². The standard InChI is InChI=1S/C26H27N5O3/c1-3-31-24-16-21(34-15-5-13-30-14-12-28-18-30)10-11-22(24)23(17-27)25(31)19-6-8-20(9-7-19)29-26(32)33-4-2/h6-12,14,16,18H,3-5,13,15H2,1-2H3,(H,29,32). The molecule has 0 saturated carbocycles. The molecule has 0 aliphatic rings.